The third-order valence-electron chi connectivity index (χ3n) is 3.26. The highest BCUT2D eigenvalue weighted by atomic mass is 28.3. The zero-order valence-electron chi connectivity index (χ0n) is 8.48. The first kappa shape index (κ1) is 10.0. The average molecular weight is 184 g/mol. The molecule has 1 nitrogen and oxygen atoms in total. The first-order valence-corrected chi connectivity index (χ1v) is 8.23. The van der Waals surface area contributed by atoms with Gasteiger partial charge in [0.25, 0.3) is 0 Å². The Hall–Kier alpha value is -0.0831. The summed E-state index contributed by atoms with van der Waals surface area (Å²) in [4.78, 5) is 0. The van der Waals surface area contributed by atoms with Crippen molar-refractivity contribution in [1.82, 2.24) is 0 Å². The van der Waals surface area contributed by atoms with Gasteiger partial charge >= 0.3 is 0 Å². The van der Waals surface area contributed by atoms with Gasteiger partial charge in [0.2, 0.25) is 0 Å². The van der Waals surface area contributed by atoms with Crippen LogP contribution in [0.1, 0.15) is 19.3 Å². The summed E-state index contributed by atoms with van der Waals surface area (Å²) in [6, 6.07) is 0. The van der Waals surface area contributed by atoms with Crippen LogP contribution in [0.5, 0.6) is 0 Å². The predicted molar refractivity (Wildman–Crippen MR) is 56.1 cm³/mol. The van der Waals surface area contributed by atoms with Crippen LogP contribution in [-0.2, 0) is 0 Å². The highest BCUT2D eigenvalue weighted by Crippen LogP contribution is 2.67. The molecule has 0 aromatic rings. The first-order chi connectivity index (χ1) is 5.44. The zero-order valence-corrected chi connectivity index (χ0v) is 9.48. The average Bonchev–Trinajstić information content (AvgIpc) is 2.57. The summed E-state index contributed by atoms with van der Waals surface area (Å²) in [6.45, 7) is 11.6. The minimum Gasteiger partial charge on any atom is -0.396 e. The largest absolute Gasteiger partial charge is 0.396 e. The Morgan fingerprint density at radius 1 is 1.50 bits per heavy atom. The van der Waals surface area contributed by atoms with Gasteiger partial charge in [-0.15, -0.1) is 0 Å². The lowest BCUT2D eigenvalue weighted by atomic mass is 10.2. The second-order valence-corrected chi connectivity index (χ2v) is 10.4. The third-order valence-corrected chi connectivity index (χ3v) is 6.92. The van der Waals surface area contributed by atoms with Crippen molar-refractivity contribution in [2.75, 3.05) is 6.61 Å². The van der Waals surface area contributed by atoms with Gasteiger partial charge in [-0.25, -0.2) is 0 Å². The molecular formula is C10H20OSi. The van der Waals surface area contributed by atoms with E-state index in [0.29, 0.717) is 11.6 Å². The van der Waals surface area contributed by atoms with Crippen molar-refractivity contribution in [2.45, 2.75) is 43.9 Å². The fraction of sp³-hybridized carbons (Fsp3) is 0.800. The Labute approximate surface area is 76.5 Å². The number of hydrogen-bond acceptors (Lipinski definition) is 1. The van der Waals surface area contributed by atoms with Crippen LogP contribution in [-0.4, -0.2) is 19.8 Å². The standard InChI is InChI=1S/C10H20OSi/c1-9-8-10(9,6-5-7-11)12(2,3)4/h11H,1,5-8H2,2-4H3. The number of allylic oxidation sites excluding steroid dienone is 1. The molecule has 1 N–H and O–H groups in total. The number of rotatable bonds is 4. The second-order valence-electron chi connectivity index (χ2n) is 4.94. The normalized spacial score (nSPS) is 29.2. The van der Waals surface area contributed by atoms with Gasteiger partial charge in [0.15, 0.2) is 0 Å². The molecule has 0 bridgehead atoms. The van der Waals surface area contributed by atoms with E-state index >= 15 is 0 Å². The van der Waals surface area contributed by atoms with E-state index in [4.69, 9.17) is 5.11 Å². The van der Waals surface area contributed by atoms with Gasteiger partial charge in [0, 0.05) is 6.61 Å². The van der Waals surface area contributed by atoms with E-state index in [0.717, 1.165) is 12.8 Å². The monoisotopic (exact) mass is 184 g/mol. The molecule has 70 valence electrons. The lowest BCUT2D eigenvalue weighted by Crippen LogP contribution is -2.30. The van der Waals surface area contributed by atoms with Crippen LogP contribution in [0, 0.1) is 0 Å². The molecule has 1 saturated carbocycles. The lowest BCUT2D eigenvalue weighted by Gasteiger charge is -2.28. The Morgan fingerprint density at radius 3 is 2.25 bits per heavy atom. The maximum atomic E-state index is 8.80. The van der Waals surface area contributed by atoms with Gasteiger partial charge in [0.05, 0.1) is 8.07 Å². The molecule has 1 unspecified atom stereocenters. The van der Waals surface area contributed by atoms with Gasteiger partial charge in [-0.05, 0) is 24.3 Å². The minimum atomic E-state index is -1.08. The number of aliphatic hydroxyl groups is 1. The van der Waals surface area contributed by atoms with Gasteiger partial charge in [-0.3, -0.25) is 0 Å². The first-order valence-electron chi connectivity index (χ1n) is 4.73. The van der Waals surface area contributed by atoms with E-state index in [2.05, 4.69) is 26.2 Å². The minimum absolute atomic E-state index is 0.333. The van der Waals surface area contributed by atoms with Gasteiger partial charge in [-0.1, -0.05) is 31.8 Å². The van der Waals surface area contributed by atoms with Crippen LogP contribution in [0.2, 0.25) is 24.7 Å². The molecule has 0 radical (unpaired) electrons. The Balaban J connectivity index is 2.60. The summed E-state index contributed by atoms with van der Waals surface area (Å²) in [7, 11) is -1.08. The molecule has 0 spiro atoms. The Kier molecular flexibility index (Phi) is 2.50. The molecule has 0 saturated heterocycles. The van der Waals surface area contributed by atoms with Crippen LogP contribution in [0.4, 0.5) is 0 Å². The summed E-state index contributed by atoms with van der Waals surface area (Å²) in [6.07, 6.45) is 3.34. The summed E-state index contributed by atoms with van der Waals surface area (Å²) < 4.78 is 0. The molecule has 12 heavy (non-hydrogen) atoms. The SMILES string of the molecule is C=C1CC1(CCCO)[Si](C)(C)C. The third kappa shape index (κ3) is 1.50. The van der Waals surface area contributed by atoms with Crippen molar-refractivity contribution in [1.29, 1.82) is 0 Å². The quantitative estimate of drug-likeness (QED) is 0.526. The molecule has 0 aliphatic heterocycles. The van der Waals surface area contributed by atoms with Crippen LogP contribution in [0.15, 0.2) is 12.2 Å². The van der Waals surface area contributed by atoms with Crippen molar-refractivity contribution in [3.63, 3.8) is 0 Å². The zero-order chi connectivity index (χ0) is 9.41. The molecule has 0 aromatic heterocycles. The van der Waals surface area contributed by atoms with E-state index in [-0.39, 0.29) is 0 Å². The predicted octanol–water partition coefficient (Wildman–Crippen LogP) is 2.80. The van der Waals surface area contributed by atoms with E-state index < -0.39 is 8.07 Å². The molecule has 0 heterocycles. The molecular weight excluding hydrogens is 164 g/mol. The second kappa shape index (κ2) is 3.00. The van der Waals surface area contributed by atoms with Gasteiger partial charge < -0.3 is 5.11 Å². The van der Waals surface area contributed by atoms with Crippen LogP contribution in [0.3, 0.4) is 0 Å². The van der Waals surface area contributed by atoms with E-state index in [1.807, 2.05) is 0 Å². The molecule has 1 rings (SSSR count). The van der Waals surface area contributed by atoms with Crippen molar-refractivity contribution in [3.8, 4) is 0 Å². The van der Waals surface area contributed by atoms with Crippen molar-refractivity contribution < 1.29 is 5.11 Å². The number of hydrogen-bond donors (Lipinski definition) is 1. The smallest absolute Gasteiger partial charge is 0.0556 e. The van der Waals surface area contributed by atoms with E-state index in [1.165, 1.54) is 12.0 Å². The molecule has 1 fully saturated rings. The van der Waals surface area contributed by atoms with Crippen LogP contribution >= 0.6 is 0 Å². The molecule has 1 aliphatic carbocycles. The van der Waals surface area contributed by atoms with Gasteiger partial charge in [0.1, 0.15) is 0 Å². The van der Waals surface area contributed by atoms with Crippen molar-refractivity contribution >= 4 is 8.07 Å². The van der Waals surface area contributed by atoms with E-state index in [1.54, 1.807) is 0 Å². The van der Waals surface area contributed by atoms with Gasteiger partial charge in [-0.2, -0.15) is 0 Å². The molecule has 0 amide bonds. The fourth-order valence-electron chi connectivity index (χ4n) is 2.14. The molecule has 2 heteroatoms. The summed E-state index contributed by atoms with van der Waals surface area (Å²) in [5.41, 5.74) is 1.44. The molecule has 1 atom stereocenters. The fourth-order valence-corrected chi connectivity index (χ4v) is 4.87. The van der Waals surface area contributed by atoms with Crippen molar-refractivity contribution in [2.24, 2.45) is 0 Å². The van der Waals surface area contributed by atoms with Crippen LogP contribution < -0.4 is 0 Å². The summed E-state index contributed by atoms with van der Waals surface area (Å²) in [5, 5.41) is 9.28. The maximum Gasteiger partial charge on any atom is 0.0556 e. The Morgan fingerprint density at radius 2 is 2.00 bits per heavy atom. The van der Waals surface area contributed by atoms with Crippen molar-refractivity contribution in [3.05, 3.63) is 12.2 Å². The maximum absolute atomic E-state index is 8.80. The lowest BCUT2D eigenvalue weighted by molar-refractivity contribution is 0.282. The van der Waals surface area contributed by atoms with E-state index in [9.17, 15) is 0 Å². The topological polar surface area (TPSA) is 20.2 Å². The molecule has 0 aromatic carbocycles. The summed E-state index contributed by atoms with van der Waals surface area (Å²) >= 11 is 0. The highest BCUT2D eigenvalue weighted by molar-refractivity contribution is 6.81. The Bertz CT molecular complexity index is 193. The summed E-state index contributed by atoms with van der Waals surface area (Å²) in [5.74, 6) is 0. The highest BCUT2D eigenvalue weighted by Gasteiger charge is 2.55. The van der Waals surface area contributed by atoms with Crippen LogP contribution in [0.25, 0.3) is 0 Å². The number of aliphatic hydroxyl groups excluding tert-OH is 1. The molecule has 1 aliphatic rings.